The van der Waals surface area contributed by atoms with E-state index < -0.39 is 52.8 Å². The second kappa shape index (κ2) is 18.3. The molecule has 4 aromatic carbocycles. The molecule has 286 valence electrons. The monoisotopic (exact) mass is 751 g/mol. The van der Waals surface area contributed by atoms with Gasteiger partial charge in [0.25, 0.3) is 5.69 Å². The molecule has 5 rings (SSSR count). The molecular formula is C40H41N5O10. The maximum atomic E-state index is 13.7. The van der Waals surface area contributed by atoms with Crippen LogP contribution in [0.25, 0.3) is 11.1 Å². The first-order valence-electron chi connectivity index (χ1n) is 17.6. The van der Waals surface area contributed by atoms with E-state index in [4.69, 9.17) is 19.9 Å². The van der Waals surface area contributed by atoms with Crippen LogP contribution >= 0.6 is 0 Å². The molecule has 0 saturated heterocycles. The third-order valence-electron chi connectivity index (χ3n) is 8.99. The van der Waals surface area contributed by atoms with Crippen molar-refractivity contribution < 1.29 is 43.1 Å². The molecule has 4 aromatic rings. The van der Waals surface area contributed by atoms with E-state index in [0.717, 1.165) is 22.3 Å². The van der Waals surface area contributed by atoms with E-state index in [1.54, 1.807) is 38.1 Å². The van der Waals surface area contributed by atoms with Gasteiger partial charge in [0, 0.05) is 30.3 Å². The second-order valence-corrected chi connectivity index (χ2v) is 13.2. The van der Waals surface area contributed by atoms with E-state index in [0.29, 0.717) is 11.3 Å². The zero-order valence-electron chi connectivity index (χ0n) is 30.2. The average molecular weight is 752 g/mol. The number of anilines is 1. The number of hydrogen-bond donors (Lipinski definition) is 4. The van der Waals surface area contributed by atoms with Crippen molar-refractivity contribution in [1.82, 2.24) is 10.6 Å². The zero-order valence-corrected chi connectivity index (χ0v) is 30.2. The molecule has 0 spiro atoms. The fraction of sp³-hybridized carbons (Fsp3) is 0.275. The third kappa shape index (κ3) is 10.4. The second-order valence-electron chi connectivity index (χ2n) is 13.2. The number of esters is 1. The van der Waals surface area contributed by atoms with Crippen LogP contribution in [-0.4, -0.2) is 54.1 Å². The summed E-state index contributed by atoms with van der Waals surface area (Å²) in [6, 6.07) is 25.3. The first-order chi connectivity index (χ1) is 26.4. The first-order valence-corrected chi connectivity index (χ1v) is 17.6. The van der Waals surface area contributed by atoms with Crippen molar-refractivity contribution in [2.24, 2.45) is 17.6 Å². The zero-order chi connectivity index (χ0) is 39.5. The van der Waals surface area contributed by atoms with Crippen LogP contribution in [-0.2, 0) is 30.5 Å². The molecule has 4 amide bonds. The molecule has 15 heteroatoms. The highest BCUT2D eigenvalue weighted by Gasteiger charge is 2.36. The Morgan fingerprint density at radius 1 is 0.818 bits per heavy atom. The number of hydrogen-bond acceptors (Lipinski definition) is 10. The summed E-state index contributed by atoms with van der Waals surface area (Å²) < 4.78 is 16.0. The highest BCUT2D eigenvalue weighted by Crippen LogP contribution is 2.44. The summed E-state index contributed by atoms with van der Waals surface area (Å²) >= 11 is 0. The van der Waals surface area contributed by atoms with Gasteiger partial charge in [-0.1, -0.05) is 74.5 Å². The quantitative estimate of drug-likeness (QED) is 0.0269. The summed E-state index contributed by atoms with van der Waals surface area (Å²) in [4.78, 5) is 74.3. The molecule has 0 fully saturated rings. The minimum absolute atomic E-state index is 0.0358. The Morgan fingerprint density at radius 3 is 2.02 bits per heavy atom. The van der Waals surface area contributed by atoms with Crippen LogP contribution in [0.15, 0.2) is 97.1 Å². The summed E-state index contributed by atoms with van der Waals surface area (Å²) in [5.41, 5.74) is 10.2. The average Bonchev–Trinajstić information content (AvgIpc) is 3.48. The largest absolute Gasteiger partial charge is 0.514 e. The van der Waals surface area contributed by atoms with Crippen molar-refractivity contribution in [3.05, 3.63) is 124 Å². The lowest BCUT2D eigenvalue weighted by Crippen LogP contribution is -2.49. The Kier molecular flexibility index (Phi) is 13.1. The van der Waals surface area contributed by atoms with Crippen LogP contribution in [0.5, 0.6) is 5.75 Å². The molecule has 5 N–H and O–H groups in total. The van der Waals surface area contributed by atoms with Crippen LogP contribution < -0.4 is 26.4 Å². The number of benzene rings is 4. The normalized spacial score (nSPS) is 12.7. The number of nitro benzene ring substituents is 1. The summed E-state index contributed by atoms with van der Waals surface area (Å²) in [5.74, 6) is -3.76. The maximum Gasteiger partial charge on any atom is 0.514 e. The van der Waals surface area contributed by atoms with E-state index >= 15 is 0 Å². The topological polar surface area (TPSA) is 218 Å². The molecule has 1 aliphatic rings. The summed E-state index contributed by atoms with van der Waals surface area (Å²) in [5, 5.41) is 18.7. The molecule has 0 radical (unpaired) electrons. The molecule has 0 saturated carbocycles. The summed E-state index contributed by atoms with van der Waals surface area (Å²) in [7, 11) is 0. The Morgan fingerprint density at radius 2 is 1.44 bits per heavy atom. The van der Waals surface area contributed by atoms with Crippen molar-refractivity contribution in [3.8, 4) is 16.9 Å². The molecule has 0 aliphatic heterocycles. The van der Waals surface area contributed by atoms with Crippen molar-refractivity contribution in [2.45, 2.75) is 45.3 Å². The molecule has 55 heavy (non-hydrogen) atoms. The molecule has 0 aromatic heterocycles. The predicted octanol–water partition coefficient (Wildman–Crippen LogP) is 5.81. The third-order valence-corrected chi connectivity index (χ3v) is 8.99. The molecule has 1 aliphatic carbocycles. The Bertz CT molecular complexity index is 1990. The lowest BCUT2D eigenvalue weighted by atomic mass is 9.94. The van der Waals surface area contributed by atoms with Crippen LogP contribution in [0.3, 0.4) is 0 Å². The smallest absolute Gasteiger partial charge is 0.464 e. The SMILES string of the molecule is CC(C)[C@@H](C(=O)N[C@@H](CCCNC(N)=O)C(=O)Nc1ccc(COC(=O)Oc2ccc([N+](=O)[O-])cc2)cc1)C(=O)OCC1c2ccccc2-c2ccccc21. The number of fused-ring (bicyclic) bond motifs is 3. The number of nitrogens with one attached hydrogen (secondary N) is 3. The van der Waals surface area contributed by atoms with Gasteiger partial charge in [0.05, 0.1) is 4.92 Å². The number of carbonyl (C=O) groups is 5. The number of primary amides is 1. The van der Waals surface area contributed by atoms with Crippen molar-refractivity contribution in [3.63, 3.8) is 0 Å². The minimum atomic E-state index is -1.21. The molecule has 0 unspecified atom stereocenters. The summed E-state index contributed by atoms with van der Waals surface area (Å²) in [6.07, 6.45) is -0.630. The number of urea groups is 1. The van der Waals surface area contributed by atoms with Crippen LogP contribution in [0.4, 0.5) is 21.0 Å². The number of nitro groups is 1. The number of rotatable bonds is 16. The number of nitrogens with zero attached hydrogens (tertiary/aromatic N) is 1. The lowest BCUT2D eigenvalue weighted by Gasteiger charge is -2.24. The standard InChI is InChI=1S/C40H41N5O10/c1-24(2)35(38(48)53-23-33-31-10-5-3-8-29(31)30-9-4-6-11-32(30)33)37(47)44-34(12-7-21-42-39(41)49)36(46)43-26-15-13-25(14-16-26)22-54-40(50)55-28-19-17-27(18-20-28)45(51)52/h3-6,8-11,13-20,24,33-35H,7,12,21-23H2,1-2H3,(H,43,46)(H,44,47)(H3,41,42,49)/t34-,35-/m0/s1. The van der Waals surface area contributed by atoms with Gasteiger partial charge in [-0.05, 0) is 70.8 Å². The number of ether oxygens (including phenoxy) is 3. The van der Waals surface area contributed by atoms with Crippen LogP contribution in [0.1, 0.15) is 49.3 Å². The number of nitrogens with two attached hydrogens (primary N) is 1. The maximum absolute atomic E-state index is 13.7. The Hall–Kier alpha value is -6.77. The van der Waals surface area contributed by atoms with E-state index in [-0.39, 0.29) is 50.0 Å². The van der Waals surface area contributed by atoms with Crippen molar-refractivity contribution >= 4 is 41.3 Å². The first kappa shape index (κ1) is 39.4. The Labute approximate surface area is 316 Å². The van der Waals surface area contributed by atoms with Crippen LogP contribution in [0.2, 0.25) is 0 Å². The number of non-ortho nitro benzene ring substituents is 1. The van der Waals surface area contributed by atoms with Gasteiger partial charge in [-0.25, -0.2) is 9.59 Å². The van der Waals surface area contributed by atoms with Gasteiger partial charge in [0.1, 0.15) is 30.9 Å². The van der Waals surface area contributed by atoms with Crippen molar-refractivity contribution in [2.75, 3.05) is 18.5 Å². The molecular weight excluding hydrogens is 710 g/mol. The number of carbonyl (C=O) groups excluding carboxylic acids is 5. The van der Waals surface area contributed by atoms with E-state index in [1.807, 2.05) is 48.5 Å². The van der Waals surface area contributed by atoms with Gasteiger partial charge < -0.3 is 35.9 Å². The van der Waals surface area contributed by atoms with Gasteiger partial charge in [0.15, 0.2) is 0 Å². The molecule has 0 bridgehead atoms. The van der Waals surface area contributed by atoms with Gasteiger partial charge in [0.2, 0.25) is 11.8 Å². The molecule has 2 atom stereocenters. The van der Waals surface area contributed by atoms with E-state index in [2.05, 4.69) is 16.0 Å². The highest BCUT2D eigenvalue weighted by molar-refractivity contribution is 6.02. The van der Waals surface area contributed by atoms with E-state index in [1.165, 1.54) is 24.3 Å². The molecule has 15 nitrogen and oxygen atoms in total. The van der Waals surface area contributed by atoms with E-state index in [9.17, 15) is 34.1 Å². The highest BCUT2D eigenvalue weighted by atomic mass is 16.7. The predicted molar refractivity (Wildman–Crippen MR) is 201 cm³/mol. The fourth-order valence-corrected chi connectivity index (χ4v) is 6.24. The minimum Gasteiger partial charge on any atom is -0.464 e. The fourth-order valence-electron chi connectivity index (χ4n) is 6.24. The van der Waals surface area contributed by atoms with Gasteiger partial charge >= 0.3 is 18.2 Å². The Balaban J connectivity index is 1.19. The van der Waals surface area contributed by atoms with Gasteiger partial charge in [-0.15, -0.1) is 0 Å². The lowest BCUT2D eigenvalue weighted by molar-refractivity contribution is -0.384. The molecule has 0 heterocycles. The van der Waals surface area contributed by atoms with Gasteiger partial charge in [-0.2, -0.15) is 0 Å². The van der Waals surface area contributed by atoms with Crippen molar-refractivity contribution in [1.29, 1.82) is 0 Å². The van der Waals surface area contributed by atoms with Gasteiger partial charge in [-0.3, -0.25) is 24.5 Å². The number of amides is 4. The van der Waals surface area contributed by atoms with Crippen LogP contribution in [0, 0.1) is 22.0 Å². The summed E-state index contributed by atoms with van der Waals surface area (Å²) in [6.45, 7) is 3.46.